The average Bonchev–Trinajstić information content (AvgIpc) is 3.19. The summed E-state index contributed by atoms with van der Waals surface area (Å²) in [4.78, 5) is 19.5. The van der Waals surface area contributed by atoms with Gasteiger partial charge in [-0.1, -0.05) is 49.7 Å². The first-order valence-corrected chi connectivity index (χ1v) is 13.4. The highest BCUT2D eigenvalue weighted by atomic mass is 32.2. The molecule has 0 aliphatic carbocycles. The Labute approximate surface area is 208 Å². The van der Waals surface area contributed by atoms with Crippen LogP contribution in [0.2, 0.25) is 0 Å². The molecule has 0 fully saturated rings. The number of benzene rings is 2. The van der Waals surface area contributed by atoms with Crippen molar-refractivity contribution in [1.29, 1.82) is 0 Å². The van der Waals surface area contributed by atoms with Gasteiger partial charge >= 0.3 is 0 Å². The monoisotopic (exact) mass is 497 g/mol. The maximum Gasteiger partial charge on any atom is 0.254 e. The van der Waals surface area contributed by atoms with Crippen LogP contribution in [0.5, 0.6) is 5.75 Å². The lowest BCUT2D eigenvalue weighted by Crippen LogP contribution is -2.37. The number of hydrogen-bond donors (Lipinski definition) is 0. The third-order valence-electron chi connectivity index (χ3n) is 5.70. The predicted octanol–water partition coefficient (Wildman–Crippen LogP) is 4.88. The molecule has 0 aliphatic rings. The van der Waals surface area contributed by atoms with Crippen molar-refractivity contribution >= 4 is 15.7 Å². The van der Waals surface area contributed by atoms with Crippen molar-refractivity contribution < 1.29 is 17.9 Å². The Bertz CT molecular complexity index is 1280. The zero-order valence-electron chi connectivity index (χ0n) is 21.4. The van der Waals surface area contributed by atoms with E-state index in [2.05, 4.69) is 4.98 Å². The fourth-order valence-electron chi connectivity index (χ4n) is 4.00. The number of aryl methyl sites for hydroxylation is 1. The molecule has 3 aromatic rings. The van der Waals surface area contributed by atoms with E-state index in [-0.39, 0.29) is 35.3 Å². The summed E-state index contributed by atoms with van der Waals surface area (Å²) in [7, 11) is -2.13. The number of amides is 1. The van der Waals surface area contributed by atoms with Crippen molar-refractivity contribution in [2.75, 3.05) is 7.11 Å². The largest absolute Gasteiger partial charge is 0.497 e. The topological polar surface area (TPSA) is 81.5 Å². The molecule has 2 aromatic carbocycles. The van der Waals surface area contributed by atoms with E-state index in [0.29, 0.717) is 23.6 Å². The van der Waals surface area contributed by atoms with E-state index in [1.807, 2.05) is 58.9 Å². The third-order valence-corrected chi connectivity index (χ3v) is 7.30. The number of nitrogens with zero attached hydrogens (tertiary/aromatic N) is 3. The van der Waals surface area contributed by atoms with Crippen LogP contribution < -0.4 is 4.74 Å². The summed E-state index contributed by atoms with van der Waals surface area (Å²) in [5.41, 5.74) is 2.93. The highest BCUT2D eigenvalue weighted by Crippen LogP contribution is 2.23. The Morgan fingerprint density at radius 3 is 2.43 bits per heavy atom. The Hall–Kier alpha value is -3.13. The van der Waals surface area contributed by atoms with E-state index in [1.54, 1.807) is 47.0 Å². The van der Waals surface area contributed by atoms with Crippen molar-refractivity contribution in [1.82, 2.24) is 14.5 Å². The minimum atomic E-state index is -3.69. The van der Waals surface area contributed by atoms with Gasteiger partial charge < -0.3 is 14.2 Å². The summed E-state index contributed by atoms with van der Waals surface area (Å²) in [5.74, 6) is 0.520. The van der Waals surface area contributed by atoms with Gasteiger partial charge in [-0.05, 0) is 50.5 Å². The van der Waals surface area contributed by atoms with Crippen LogP contribution in [0.25, 0.3) is 0 Å². The summed E-state index contributed by atoms with van der Waals surface area (Å²) in [6, 6.07) is 14.4. The highest BCUT2D eigenvalue weighted by Gasteiger charge is 2.27. The molecule has 0 saturated carbocycles. The van der Waals surface area contributed by atoms with Gasteiger partial charge in [0, 0.05) is 18.2 Å². The average molecular weight is 498 g/mol. The molecule has 35 heavy (non-hydrogen) atoms. The van der Waals surface area contributed by atoms with Crippen molar-refractivity contribution in [2.45, 2.75) is 64.7 Å². The number of imidazole rings is 1. The molecular formula is C27H35N3O4S. The second kappa shape index (κ2) is 11.1. The molecule has 0 aliphatic heterocycles. The van der Waals surface area contributed by atoms with Crippen LogP contribution in [-0.4, -0.2) is 41.9 Å². The van der Waals surface area contributed by atoms with Crippen molar-refractivity contribution in [2.24, 2.45) is 5.92 Å². The molecule has 0 saturated heterocycles. The molecule has 0 spiro atoms. The van der Waals surface area contributed by atoms with Crippen LogP contribution in [-0.2, 0) is 28.7 Å². The smallest absolute Gasteiger partial charge is 0.254 e. The van der Waals surface area contributed by atoms with Crippen LogP contribution in [0.15, 0.2) is 59.9 Å². The van der Waals surface area contributed by atoms with Crippen LogP contribution >= 0.6 is 0 Å². The predicted molar refractivity (Wildman–Crippen MR) is 137 cm³/mol. The molecule has 0 atom stereocenters. The van der Waals surface area contributed by atoms with E-state index in [4.69, 9.17) is 4.74 Å². The number of hydrogen-bond acceptors (Lipinski definition) is 5. The quantitative estimate of drug-likeness (QED) is 0.399. The van der Waals surface area contributed by atoms with Gasteiger partial charge in [0.1, 0.15) is 5.75 Å². The number of ether oxygens (including phenoxy) is 1. The minimum Gasteiger partial charge on any atom is -0.497 e. The normalized spacial score (nSPS) is 11.8. The van der Waals surface area contributed by atoms with Crippen molar-refractivity contribution in [3.05, 3.63) is 77.1 Å². The number of methoxy groups -OCH3 is 1. The molecular weight excluding hydrogens is 462 g/mol. The summed E-state index contributed by atoms with van der Waals surface area (Å²) >= 11 is 0. The lowest BCUT2D eigenvalue weighted by Gasteiger charge is -2.28. The Morgan fingerprint density at radius 1 is 1.09 bits per heavy atom. The lowest BCUT2D eigenvalue weighted by molar-refractivity contribution is 0.0684. The Morgan fingerprint density at radius 2 is 1.80 bits per heavy atom. The van der Waals surface area contributed by atoms with E-state index in [9.17, 15) is 13.2 Å². The minimum absolute atomic E-state index is 0.0419. The first-order chi connectivity index (χ1) is 16.5. The molecule has 0 bridgehead atoms. The van der Waals surface area contributed by atoms with E-state index in [1.165, 1.54) is 0 Å². The third kappa shape index (κ3) is 6.51. The number of aromatic nitrogens is 2. The molecule has 8 heteroatoms. The molecule has 1 amide bonds. The van der Waals surface area contributed by atoms with Crippen LogP contribution in [0.4, 0.5) is 0 Å². The van der Waals surface area contributed by atoms with Crippen molar-refractivity contribution in [3.8, 4) is 5.75 Å². The van der Waals surface area contributed by atoms with Crippen LogP contribution in [0.1, 0.15) is 54.9 Å². The van der Waals surface area contributed by atoms with Crippen molar-refractivity contribution in [3.63, 3.8) is 0 Å². The Kier molecular flexibility index (Phi) is 8.38. The van der Waals surface area contributed by atoms with Gasteiger partial charge in [0.2, 0.25) is 15.0 Å². The van der Waals surface area contributed by atoms with Gasteiger partial charge in [-0.25, -0.2) is 13.4 Å². The second-order valence-corrected chi connectivity index (χ2v) is 11.4. The lowest BCUT2D eigenvalue weighted by atomic mass is 10.1. The fraction of sp³-hybridized carbons (Fsp3) is 0.407. The van der Waals surface area contributed by atoms with Gasteiger partial charge in [0.05, 0.1) is 31.3 Å². The summed E-state index contributed by atoms with van der Waals surface area (Å²) in [5, 5.41) is 0.0419. The number of carbonyl (C=O) groups excluding carboxylic acids is 1. The second-order valence-electron chi connectivity index (χ2n) is 9.54. The van der Waals surface area contributed by atoms with Gasteiger partial charge in [-0.2, -0.15) is 0 Å². The van der Waals surface area contributed by atoms with Gasteiger partial charge in [-0.15, -0.1) is 0 Å². The molecule has 1 heterocycles. The summed E-state index contributed by atoms with van der Waals surface area (Å²) < 4.78 is 33.8. The first kappa shape index (κ1) is 26.5. The highest BCUT2D eigenvalue weighted by molar-refractivity contribution is 7.90. The summed E-state index contributed by atoms with van der Waals surface area (Å²) in [6.45, 7) is 10.6. The first-order valence-electron chi connectivity index (χ1n) is 11.8. The Balaban J connectivity index is 1.96. The van der Waals surface area contributed by atoms with Gasteiger partial charge in [-0.3, -0.25) is 4.79 Å². The fourth-order valence-corrected chi connectivity index (χ4v) is 5.49. The molecule has 7 nitrogen and oxygen atoms in total. The maximum absolute atomic E-state index is 13.4. The molecule has 0 unspecified atom stereocenters. The van der Waals surface area contributed by atoms with Crippen LogP contribution in [0, 0.1) is 12.8 Å². The molecule has 188 valence electrons. The standard InChI is InChI=1S/C27H35N3O4S/c1-19(2)16-30-24(15-28-27(30)35(32,33)18-22-10-7-9-21(5)13-22)17-29(20(3)4)26(31)23-11-8-12-25(14-23)34-6/h7-15,19-20H,16-18H2,1-6H3. The number of carbonyl (C=O) groups is 1. The number of sulfone groups is 1. The van der Waals surface area contributed by atoms with Crippen LogP contribution in [0.3, 0.4) is 0 Å². The van der Waals surface area contributed by atoms with E-state index < -0.39 is 9.84 Å². The molecule has 1 aromatic heterocycles. The van der Waals surface area contributed by atoms with E-state index in [0.717, 1.165) is 11.1 Å². The summed E-state index contributed by atoms with van der Waals surface area (Å²) in [6.07, 6.45) is 1.58. The maximum atomic E-state index is 13.4. The van der Waals surface area contributed by atoms with E-state index >= 15 is 0 Å². The van der Waals surface area contributed by atoms with Gasteiger partial charge in [0.15, 0.2) is 0 Å². The number of rotatable bonds is 10. The zero-order valence-corrected chi connectivity index (χ0v) is 22.2. The van der Waals surface area contributed by atoms with Gasteiger partial charge in [0.25, 0.3) is 5.91 Å². The molecule has 0 radical (unpaired) electrons. The SMILES string of the molecule is COc1cccc(C(=O)N(Cc2cnc(S(=O)(=O)Cc3cccc(C)c3)n2CC(C)C)C(C)C)c1. The zero-order chi connectivity index (χ0) is 25.8. The molecule has 0 N–H and O–H groups in total. The molecule has 3 rings (SSSR count).